The highest BCUT2D eigenvalue weighted by Crippen LogP contribution is 2.24. The van der Waals surface area contributed by atoms with Crippen molar-refractivity contribution in [1.82, 2.24) is 4.31 Å². The van der Waals surface area contributed by atoms with Crippen LogP contribution in [0.25, 0.3) is 0 Å². The van der Waals surface area contributed by atoms with E-state index in [1.54, 1.807) is 25.3 Å². The van der Waals surface area contributed by atoms with Crippen LogP contribution in [-0.4, -0.2) is 39.0 Å². The van der Waals surface area contributed by atoms with Crippen LogP contribution in [-0.2, 0) is 21.2 Å². The van der Waals surface area contributed by atoms with E-state index in [1.165, 1.54) is 4.31 Å². The molecule has 20 heavy (non-hydrogen) atoms. The van der Waals surface area contributed by atoms with E-state index in [1.807, 2.05) is 6.92 Å². The number of nitrogens with zero attached hydrogens (tertiary/aromatic N) is 1. The van der Waals surface area contributed by atoms with E-state index in [4.69, 9.17) is 10.5 Å². The van der Waals surface area contributed by atoms with E-state index in [0.717, 1.165) is 24.8 Å². The summed E-state index contributed by atoms with van der Waals surface area (Å²) in [5.74, 6) is 0. The zero-order chi connectivity index (χ0) is 14.8. The Morgan fingerprint density at radius 2 is 2.00 bits per heavy atom. The van der Waals surface area contributed by atoms with Gasteiger partial charge in [0.2, 0.25) is 10.0 Å². The summed E-state index contributed by atoms with van der Waals surface area (Å²) in [5.41, 5.74) is 7.41. The molecule has 0 amide bonds. The quantitative estimate of drug-likeness (QED) is 0.858. The summed E-state index contributed by atoms with van der Waals surface area (Å²) >= 11 is 0. The zero-order valence-corrected chi connectivity index (χ0v) is 12.8. The molecule has 112 valence electrons. The third-order valence-electron chi connectivity index (χ3n) is 3.87. The fraction of sp³-hybridized carbons (Fsp3) is 0.571. The molecule has 0 atom stereocenters. The second-order valence-corrected chi connectivity index (χ2v) is 6.99. The number of anilines is 1. The van der Waals surface area contributed by atoms with Gasteiger partial charge in [-0.2, -0.15) is 4.31 Å². The second kappa shape index (κ2) is 6.11. The van der Waals surface area contributed by atoms with Crippen LogP contribution in [0.15, 0.2) is 23.1 Å². The van der Waals surface area contributed by atoms with Gasteiger partial charge in [0.1, 0.15) is 0 Å². The molecule has 0 spiro atoms. The van der Waals surface area contributed by atoms with E-state index in [2.05, 4.69) is 0 Å². The molecule has 0 saturated carbocycles. The van der Waals surface area contributed by atoms with Crippen molar-refractivity contribution < 1.29 is 13.2 Å². The number of piperidine rings is 1. The van der Waals surface area contributed by atoms with Crippen molar-refractivity contribution in [3.05, 3.63) is 23.8 Å². The molecule has 0 aliphatic carbocycles. The van der Waals surface area contributed by atoms with Gasteiger partial charge in [-0.15, -0.1) is 0 Å². The Kier molecular flexibility index (Phi) is 4.67. The van der Waals surface area contributed by atoms with Gasteiger partial charge in [0.05, 0.1) is 11.0 Å². The number of benzene rings is 1. The van der Waals surface area contributed by atoms with Crippen molar-refractivity contribution in [2.45, 2.75) is 37.2 Å². The van der Waals surface area contributed by atoms with Gasteiger partial charge in [-0.1, -0.05) is 13.0 Å². The first-order valence-electron chi connectivity index (χ1n) is 6.90. The van der Waals surface area contributed by atoms with Crippen LogP contribution in [0, 0.1) is 0 Å². The molecule has 1 heterocycles. The number of nitrogen functional groups attached to an aromatic ring is 1. The summed E-state index contributed by atoms with van der Waals surface area (Å²) in [5, 5.41) is 0. The minimum absolute atomic E-state index is 0.161. The van der Waals surface area contributed by atoms with Gasteiger partial charge in [0.15, 0.2) is 0 Å². The normalized spacial score (nSPS) is 18.3. The van der Waals surface area contributed by atoms with E-state index in [0.29, 0.717) is 18.8 Å². The number of sulfonamides is 1. The third kappa shape index (κ3) is 2.97. The van der Waals surface area contributed by atoms with E-state index in [-0.39, 0.29) is 11.0 Å². The highest BCUT2D eigenvalue weighted by atomic mass is 32.2. The van der Waals surface area contributed by atoms with Crippen LogP contribution < -0.4 is 5.73 Å². The van der Waals surface area contributed by atoms with Crippen molar-refractivity contribution in [2.24, 2.45) is 0 Å². The summed E-state index contributed by atoms with van der Waals surface area (Å²) in [6, 6.07) is 5.01. The molecule has 1 aliphatic heterocycles. The van der Waals surface area contributed by atoms with Crippen LogP contribution in [0.3, 0.4) is 0 Å². The Labute approximate surface area is 120 Å². The summed E-state index contributed by atoms with van der Waals surface area (Å²) in [4.78, 5) is 0.281. The zero-order valence-electron chi connectivity index (χ0n) is 12.0. The Hall–Kier alpha value is -1.11. The van der Waals surface area contributed by atoms with Gasteiger partial charge < -0.3 is 10.5 Å². The SMILES string of the molecule is CCc1ccc(S(=O)(=O)N2CCC(OC)CC2)cc1N. The molecular formula is C14H22N2O3S. The maximum Gasteiger partial charge on any atom is 0.243 e. The average Bonchev–Trinajstić information content (AvgIpc) is 2.47. The molecule has 1 saturated heterocycles. The topological polar surface area (TPSA) is 72.6 Å². The number of aryl methyl sites for hydroxylation is 1. The predicted molar refractivity (Wildman–Crippen MR) is 79.0 cm³/mol. The highest BCUT2D eigenvalue weighted by Gasteiger charge is 2.29. The second-order valence-electron chi connectivity index (χ2n) is 5.05. The number of nitrogens with two attached hydrogens (primary N) is 1. The largest absolute Gasteiger partial charge is 0.398 e. The molecule has 0 bridgehead atoms. The maximum atomic E-state index is 12.6. The van der Waals surface area contributed by atoms with Crippen LogP contribution in [0.2, 0.25) is 0 Å². The van der Waals surface area contributed by atoms with Gasteiger partial charge in [-0.3, -0.25) is 0 Å². The van der Waals surface area contributed by atoms with Crippen molar-refractivity contribution in [1.29, 1.82) is 0 Å². The van der Waals surface area contributed by atoms with E-state index >= 15 is 0 Å². The fourth-order valence-corrected chi connectivity index (χ4v) is 4.02. The van der Waals surface area contributed by atoms with Gasteiger partial charge in [-0.25, -0.2) is 8.42 Å². The Morgan fingerprint density at radius 3 is 2.50 bits per heavy atom. The molecule has 5 nitrogen and oxygen atoms in total. The third-order valence-corrected chi connectivity index (χ3v) is 5.76. The van der Waals surface area contributed by atoms with Crippen molar-refractivity contribution in [2.75, 3.05) is 25.9 Å². The maximum absolute atomic E-state index is 12.6. The molecule has 1 aromatic carbocycles. The van der Waals surface area contributed by atoms with Crippen LogP contribution >= 0.6 is 0 Å². The van der Waals surface area contributed by atoms with E-state index in [9.17, 15) is 8.42 Å². The molecule has 0 aromatic heterocycles. The van der Waals surface area contributed by atoms with Gasteiger partial charge in [0, 0.05) is 25.9 Å². The molecular weight excluding hydrogens is 276 g/mol. The smallest absolute Gasteiger partial charge is 0.243 e. The molecule has 1 aromatic rings. The Balaban J connectivity index is 2.20. The van der Waals surface area contributed by atoms with E-state index < -0.39 is 10.0 Å². The summed E-state index contributed by atoms with van der Waals surface area (Å²) < 4.78 is 31.9. The minimum atomic E-state index is -3.44. The summed E-state index contributed by atoms with van der Waals surface area (Å²) in [7, 11) is -1.78. The molecule has 6 heteroatoms. The molecule has 2 N–H and O–H groups in total. The predicted octanol–water partition coefficient (Wildman–Crippen LogP) is 1.63. The van der Waals surface area contributed by atoms with Gasteiger partial charge in [0.25, 0.3) is 0 Å². The molecule has 0 unspecified atom stereocenters. The first kappa shape index (κ1) is 15.3. The summed E-state index contributed by atoms with van der Waals surface area (Å²) in [6.45, 7) is 2.99. The lowest BCUT2D eigenvalue weighted by Crippen LogP contribution is -2.40. The van der Waals surface area contributed by atoms with Gasteiger partial charge >= 0.3 is 0 Å². The van der Waals surface area contributed by atoms with Crippen LogP contribution in [0.1, 0.15) is 25.3 Å². The van der Waals surface area contributed by atoms with Crippen LogP contribution in [0.5, 0.6) is 0 Å². The standard InChI is InChI=1S/C14H22N2O3S/c1-3-11-4-5-13(10-14(11)15)20(17,18)16-8-6-12(19-2)7-9-16/h4-5,10,12H,3,6-9,15H2,1-2H3. The number of methoxy groups -OCH3 is 1. The fourth-order valence-electron chi connectivity index (χ4n) is 2.51. The number of hydrogen-bond donors (Lipinski definition) is 1. The highest BCUT2D eigenvalue weighted by molar-refractivity contribution is 7.89. The summed E-state index contributed by atoms with van der Waals surface area (Å²) in [6.07, 6.45) is 2.43. The first-order chi connectivity index (χ1) is 9.48. The monoisotopic (exact) mass is 298 g/mol. The lowest BCUT2D eigenvalue weighted by atomic mass is 10.1. The first-order valence-corrected chi connectivity index (χ1v) is 8.34. The van der Waals surface area contributed by atoms with Crippen LogP contribution in [0.4, 0.5) is 5.69 Å². The number of ether oxygens (including phenoxy) is 1. The lowest BCUT2D eigenvalue weighted by molar-refractivity contribution is 0.0604. The Bertz CT molecular complexity index is 564. The molecule has 1 fully saturated rings. The average molecular weight is 298 g/mol. The van der Waals surface area contributed by atoms with Crippen molar-refractivity contribution in [3.8, 4) is 0 Å². The lowest BCUT2D eigenvalue weighted by Gasteiger charge is -2.30. The Morgan fingerprint density at radius 1 is 1.35 bits per heavy atom. The van der Waals surface area contributed by atoms with Crippen molar-refractivity contribution in [3.63, 3.8) is 0 Å². The number of rotatable bonds is 4. The number of hydrogen-bond acceptors (Lipinski definition) is 4. The minimum Gasteiger partial charge on any atom is -0.398 e. The van der Waals surface area contributed by atoms with Crippen molar-refractivity contribution >= 4 is 15.7 Å². The molecule has 1 aliphatic rings. The molecule has 2 rings (SSSR count). The molecule has 0 radical (unpaired) electrons. The van der Waals surface area contributed by atoms with Gasteiger partial charge in [-0.05, 0) is 37.0 Å².